The van der Waals surface area contributed by atoms with E-state index in [-0.39, 0.29) is 5.82 Å². The minimum Gasteiger partial charge on any atom is -0.444 e. The van der Waals surface area contributed by atoms with Crippen molar-refractivity contribution < 1.29 is 13.3 Å². The van der Waals surface area contributed by atoms with E-state index < -0.39 is 0 Å². The van der Waals surface area contributed by atoms with E-state index in [1.165, 1.54) is 12.1 Å². The van der Waals surface area contributed by atoms with Crippen LogP contribution in [0.2, 0.25) is 0 Å². The Kier molecular flexibility index (Phi) is 4.77. The van der Waals surface area contributed by atoms with Crippen molar-refractivity contribution in [2.75, 3.05) is 26.2 Å². The smallest absolute Gasteiger partial charge is 0.226 e. The van der Waals surface area contributed by atoms with E-state index in [0.29, 0.717) is 18.3 Å². The standard InChI is InChI=1S/C18H20FN5O2/c1-13-20-17(22-26-13)11-24-8-6-23(7-9-24)10-16-12-25-18(21-16)14-2-4-15(19)5-3-14/h2-5,12H,6-11H2,1H3. The minimum absolute atomic E-state index is 0.269. The molecule has 1 aliphatic heterocycles. The fourth-order valence-electron chi connectivity index (χ4n) is 3.04. The van der Waals surface area contributed by atoms with Crippen LogP contribution in [0.25, 0.3) is 11.5 Å². The second-order valence-corrected chi connectivity index (χ2v) is 6.43. The van der Waals surface area contributed by atoms with E-state index in [1.54, 1.807) is 25.3 Å². The Morgan fingerprint density at radius 3 is 2.35 bits per heavy atom. The molecule has 4 rings (SSSR count). The normalized spacial score (nSPS) is 16.2. The number of benzene rings is 1. The molecule has 0 atom stereocenters. The summed E-state index contributed by atoms with van der Waals surface area (Å²) in [4.78, 5) is 13.4. The minimum atomic E-state index is -0.269. The molecule has 136 valence electrons. The van der Waals surface area contributed by atoms with Crippen molar-refractivity contribution in [1.29, 1.82) is 0 Å². The summed E-state index contributed by atoms with van der Waals surface area (Å²) in [6.07, 6.45) is 1.67. The number of nitrogens with zero attached hydrogens (tertiary/aromatic N) is 5. The van der Waals surface area contributed by atoms with Crippen LogP contribution in [0.1, 0.15) is 17.4 Å². The molecule has 26 heavy (non-hydrogen) atoms. The lowest BCUT2D eigenvalue weighted by Gasteiger charge is -2.33. The molecular weight excluding hydrogens is 337 g/mol. The summed E-state index contributed by atoms with van der Waals surface area (Å²) >= 11 is 0. The summed E-state index contributed by atoms with van der Waals surface area (Å²) in [6, 6.07) is 6.15. The highest BCUT2D eigenvalue weighted by Crippen LogP contribution is 2.20. The molecule has 0 radical (unpaired) electrons. The zero-order chi connectivity index (χ0) is 17.9. The molecule has 2 aromatic heterocycles. The Hall–Kier alpha value is -2.58. The highest BCUT2D eigenvalue weighted by atomic mass is 19.1. The lowest BCUT2D eigenvalue weighted by molar-refractivity contribution is 0.118. The van der Waals surface area contributed by atoms with Crippen LogP contribution in [-0.4, -0.2) is 51.1 Å². The molecule has 1 aliphatic rings. The van der Waals surface area contributed by atoms with Crippen LogP contribution in [0.15, 0.2) is 39.5 Å². The van der Waals surface area contributed by atoms with Crippen molar-refractivity contribution in [3.05, 3.63) is 53.8 Å². The van der Waals surface area contributed by atoms with Crippen LogP contribution in [0.4, 0.5) is 4.39 Å². The van der Waals surface area contributed by atoms with Gasteiger partial charge in [0.2, 0.25) is 11.8 Å². The lowest BCUT2D eigenvalue weighted by atomic mass is 10.2. The van der Waals surface area contributed by atoms with E-state index in [4.69, 9.17) is 8.94 Å². The molecule has 0 bridgehead atoms. The number of hydrogen-bond acceptors (Lipinski definition) is 7. The lowest BCUT2D eigenvalue weighted by Crippen LogP contribution is -2.45. The molecule has 1 saturated heterocycles. The van der Waals surface area contributed by atoms with Gasteiger partial charge in [0.25, 0.3) is 0 Å². The predicted octanol–water partition coefficient (Wildman–Crippen LogP) is 2.49. The monoisotopic (exact) mass is 357 g/mol. The van der Waals surface area contributed by atoms with Gasteiger partial charge in [-0.15, -0.1) is 0 Å². The first-order chi connectivity index (χ1) is 12.7. The molecule has 0 aliphatic carbocycles. The molecule has 3 heterocycles. The molecule has 1 fully saturated rings. The van der Waals surface area contributed by atoms with Gasteiger partial charge in [0, 0.05) is 45.2 Å². The molecule has 3 aromatic rings. The number of piperazine rings is 1. The Morgan fingerprint density at radius 1 is 1.00 bits per heavy atom. The Morgan fingerprint density at radius 2 is 1.69 bits per heavy atom. The highest BCUT2D eigenvalue weighted by Gasteiger charge is 2.20. The van der Waals surface area contributed by atoms with Gasteiger partial charge in [-0.25, -0.2) is 9.37 Å². The number of aromatic nitrogens is 3. The Labute approximate surface area is 150 Å². The molecule has 8 heteroatoms. The van der Waals surface area contributed by atoms with Gasteiger partial charge >= 0.3 is 0 Å². The van der Waals surface area contributed by atoms with Crippen LogP contribution >= 0.6 is 0 Å². The molecule has 0 spiro atoms. The van der Waals surface area contributed by atoms with Gasteiger partial charge < -0.3 is 8.94 Å². The summed E-state index contributed by atoms with van der Waals surface area (Å²) in [5.41, 5.74) is 1.66. The molecule has 0 unspecified atom stereocenters. The SMILES string of the molecule is Cc1nc(CN2CCN(Cc3coc(-c4ccc(F)cc4)n3)CC2)no1. The fraction of sp³-hybridized carbons (Fsp3) is 0.389. The van der Waals surface area contributed by atoms with Crippen molar-refractivity contribution in [3.63, 3.8) is 0 Å². The van der Waals surface area contributed by atoms with Crippen molar-refractivity contribution >= 4 is 0 Å². The summed E-state index contributed by atoms with van der Waals surface area (Å²) in [6.45, 7) is 7.01. The second-order valence-electron chi connectivity index (χ2n) is 6.43. The maximum absolute atomic E-state index is 13.0. The summed E-state index contributed by atoms with van der Waals surface area (Å²) in [5, 5.41) is 3.95. The topological polar surface area (TPSA) is 71.4 Å². The third-order valence-electron chi connectivity index (χ3n) is 4.43. The first-order valence-corrected chi connectivity index (χ1v) is 8.60. The largest absolute Gasteiger partial charge is 0.444 e. The maximum atomic E-state index is 13.0. The molecular formula is C18H20FN5O2. The molecule has 0 N–H and O–H groups in total. The number of halogens is 1. The van der Waals surface area contributed by atoms with Gasteiger partial charge in [0.15, 0.2) is 5.82 Å². The van der Waals surface area contributed by atoms with Gasteiger partial charge in [0.05, 0.1) is 12.2 Å². The highest BCUT2D eigenvalue weighted by molar-refractivity contribution is 5.52. The summed E-state index contributed by atoms with van der Waals surface area (Å²) < 4.78 is 23.6. The number of oxazole rings is 1. The average molecular weight is 357 g/mol. The zero-order valence-electron chi connectivity index (χ0n) is 14.6. The third-order valence-corrected chi connectivity index (χ3v) is 4.43. The van der Waals surface area contributed by atoms with Gasteiger partial charge in [-0.2, -0.15) is 4.98 Å². The second kappa shape index (κ2) is 7.35. The Balaban J connectivity index is 1.30. The van der Waals surface area contributed by atoms with Gasteiger partial charge in [-0.05, 0) is 24.3 Å². The van der Waals surface area contributed by atoms with Crippen molar-refractivity contribution in [1.82, 2.24) is 24.9 Å². The predicted molar refractivity (Wildman–Crippen MR) is 91.5 cm³/mol. The van der Waals surface area contributed by atoms with Crippen LogP contribution in [0.5, 0.6) is 0 Å². The van der Waals surface area contributed by atoms with E-state index in [2.05, 4.69) is 24.9 Å². The van der Waals surface area contributed by atoms with Crippen LogP contribution < -0.4 is 0 Å². The van der Waals surface area contributed by atoms with Crippen LogP contribution in [0.3, 0.4) is 0 Å². The van der Waals surface area contributed by atoms with Gasteiger partial charge in [-0.3, -0.25) is 9.80 Å². The maximum Gasteiger partial charge on any atom is 0.226 e. The average Bonchev–Trinajstić information content (AvgIpc) is 3.26. The number of aryl methyl sites for hydroxylation is 1. The third kappa shape index (κ3) is 3.97. The van der Waals surface area contributed by atoms with E-state index in [9.17, 15) is 4.39 Å². The quantitative estimate of drug-likeness (QED) is 0.695. The van der Waals surface area contributed by atoms with E-state index in [0.717, 1.165) is 49.8 Å². The van der Waals surface area contributed by atoms with E-state index >= 15 is 0 Å². The number of rotatable bonds is 5. The summed E-state index contributed by atoms with van der Waals surface area (Å²) in [7, 11) is 0. The molecule has 7 nitrogen and oxygen atoms in total. The molecule has 1 aromatic carbocycles. The zero-order valence-corrected chi connectivity index (χ0v) is 14.6. The van der Waals surface area contributed by atoms with Crippen molar-refractivity contribution in [3.8, 4) is 11.5 Å². The molecule has 0 amide bonds. The van der Waals surface area contributed by atoms with Crippen LogP contribution in [-0.2, 0) is 13.1 Å². The first-order valence-electron chi connectivity index (χ1n) is 8.60. The first kappa shape index (κ1) is 16.9. The van der Waals surface area contributed by atoms with Gasteiger partial charge in [-0.1, -0.05) is 5.16 Å². The van der Waals surface area contributed by atoms with Crippen LogP contribution in [0, 0.1) is 12.7 Å². The van der Waals surface area contributed by atoms with Gasteiger partial charge in [0.1, 0.15) is 12.1 Å². The van der Waals surface area contributed by atoms with Crippen molar-refractivity contribution in [2.24, 2.45) is 0 Å². The van der Waals surface area contributed by atoms with E-state index in [1.807, 2.05) is 0 Å². The molecule has 0 saturated carbocycles. The number of hydrogen-bond donors (Lipinski definition) is 0. The van der Waals surface area contributed by atoms with Crippen molar-refractivity contribution in [2.45, 2.75) is 20.0 Å². The fourth-order valence-corrected chi connectivity index (χ4v) is 3.04. The summed E-state index contributed by atoms with van der Waals surface area (Å²) in [5.74, 6) is 1.58. The Bertz CT molecular complexity index is 853.